The summed E-state index contributed by atoms with van der Waals surface area (Å²) in [6.45, 7) is 8.21. The highest BCUT2D eigenvalue weighted by molar-refractivity contribution is 7.16. The van der Waals surface area contributed by atoms with E-state index in [4.69, 9.17) is 18.9 Å². The van der Waals surface area contributed by atoms with E-state index in [-0.39, 0.29) is 0 Å². The molecule has 0 fully saturated rings. The predicted octanol–water partition coefficient (Wildman–Crippen LogP) is 4.06. The minimum atomic E-state index is -0.418. The molecule has 8 nitrogen and oxygen atoms in total. The van der Waals surface area contributed by atoms with Gasteiger partial charge in [0.2, 0.25) is 0 Å². The van der Waals surface area contributed by atoms with Gasteiger partial charge in [0.05, 0.1) is 42.7 Å². The molecule has 1 amide bonds. The van der Waals surface area contributed by atoms with Crippen molar-refractivity contribution in [3.05, 3.63) is 52.3 Å². The van der Waals surface area contributed by atoms with Gasteiger partial charge in [-0.1, -0.05) is 11.3 Å². The fraction of sp³-hybridized carbons (Fsp3) is 0.375. The fourth-order valence-corrected chi connectivity index (χ4v) is 4.35. The van der Waals surface area contributed by atoms with Crippen molar-refractivity contribution in [1.82, 2.24) is 4.57 Å². The number of carbonyl (C=O) groups is 2. The smallest absolute Gasteiger partial charge is 0.337 e. The molecule has 1 heterocycles. The molecule has 3 aromatic rings. The van der Waals surface area contributed by atoms with E-state index in [1.54, 1.807) is 30.3 Å². The Balaban J connectivity index is 2.05. The first kappa shape index (κ1) is 24.5. The molecule has 0 unspecified atom stereocenters. The molecule has 0 bridgehead atoms. The number of rotatable bonds is 10. The molecule has 0 radical (unpaired) electrons. The molecule has 33 heavy (non-hydrogen) atoms. The van der Waals surface area contributed by atoms with Gasteiger partial charge in [0.25, 0.3) is 5.91 Å². The molecule has 0 atom stereocenters. The number of carbonyl (C=O) groups excluding carboxylic acids is 2. The van der Waals surface area contributed by atoms with Crippen LogP contribution in [0.15, 0.2) is 41.4 Å². The second kappa shape index (κ2) is 11.6. The summed E-state index contributed by atoms with van der Waals surface area (Å²) in [6.07, 6.45) is 0. The third-order valence-electron chi connectivity index (χ3n) is 4.75. The Morgan fingerprint density at radius 3 is 2.36 bits per heavy atom. The van der Waals surface area contributed by atoms with Gasteiger partial charge in [0, 0.05) is 18.7 Å². The third-order valence-corrected chi connectivity index (χ3v) is 5.80. The lowest BCUT2D eigenvalue weighted by Crippen LogP contribution is -2.19. The van der Waals surface area contributed by atoms with E-state index in [0.29, 0.717) is 60.4 Å². The van der Waals surface area contributed by atoms with Crippen LogP contribution in [0, 0.1) is 0 Å². The summed E-state index contributed by atoms with van der Waals surface area (Å²) in [5.74, 6) is 0.269. The lowest BCUT2D eigenvalue weighted by atomic mass is 10.2. The molecule has 9 heteroatoms. The summed E-state index contributed by atoms with van der Waals surface area (Å²) in [5.41, 5.74) is 1.69. The number of ether oxygens (including phenoxy) is 4. The third kappa shape index (κ3) is 5.80. The van der Waals surface area contributed by atoms with Crippen LogP contribution in [0.4, 0.5) is 0 Å². The second-order valence-corrected chi connectivity index (χ2v) is 7.86. The van der Waals surface area contributed by atoms with Gasteiger partial charge in [-0.15, -0.1) is 0 Å². The van der Waals surface area contributed by atoms with Gasteiger partial charge in [0.1, 0.15) is 0 Å². The van der Waals surface area contributed by atoms with E-state index >= 15 is 0 Å². The number of hydrogen-bond donors (Lipinski definition) is 0. The van der Waals surface area contributed by atoms with Crippen LogP contribution in [-0.4, -0.2) is 50.0 Å². The van der Waals surface area contributed by atoms with Gasteiger partial charge < -0.3 is 23.5 Å². The topological polar surface area (TPSA) is 88.4 Å². The maximum Gasteiger partial charge on any atom is 0.337 e. The number of aromatic nitrogens is 1. The number of thiazole rings is 1. The second-order valence-electron chi connectivity index (χ2n) is 6.85. The average Bonchev–Trinajstić information content (AvgIpc) is 3.16. The Morgan fingerprint density at radius 1 is 0.939 bits per heavy atom. The molecule has 2 aromatic carbocycles. The number of hydrogen-bond acceptors (Lipinski definition) is 7. The number of esters is 1. The summed E-state index contributed by atoms with van der Waals surface area (Å²) >= 11 is 1.33. The van der Waals surface area contributed by atoms with Crippen molar-refractivity contribution in [2.75, 3.05) is 33.5 Å². The van der Waals surface area contributed by atoms with Crippen molar-refractivity contribution >= 4 is 33.4 Å². The van der Waals surface area contributed by atoms with E-state index in [1.165, 1.54) is 18.4 Å². The van der Waals surface area contributed by atoms with Crippen molar-refractivity contribution in [3.63, 3.8) is 0 Å². The van der Waals surface area contributed by atoms with Crippen LogP contribution in [0.25, 0.3) is 10.2 Å². The van der Waals surface area contributed by atoms with Crippen LogP contribution in [0.1, 0.15) is 41.5 Å². The molecule has 0 aliphatic carbocycles. The van der Waals surface area contributed by atoms with Gasteiger partial charge in [-0.05, 0) is 57.2 Å². The fourth-order valence-electron chi connectivity index (χ4n) is 3.26. The molecule has 1 aromatic heterocycles. The average molecular weight is 473 g/mol. The molecule has 0 saturated carbocycles. The monoisotopic (exact) mass is 472 g/mol. The highest BCUT2D eigenvalue weighted by Crippen LogP contribution is 2.29. The van der Waals surface area contributed by atoms with E-state index in [9.17, 15) is 9.59 Å². The molecule has 3 rings (SSSR count). The summed E-state index contributed by atoms with van der Waals surface area (Å²) in [6, 6.07) is 10.3. The Bertz CT molecular complexity index is 1200. The highest BCUT2D eigenvalue weighted by Gasteiger charge is 2.14. The first-order valence-electron chi connectivity index (χ1n) is 10.8. The normalized spacial score (nSPS) is 11.6. The zero-order chi connectivity index (χ0) is 23.8. The maximum absolute atomic E-state index is 13.0. The molecule has 0 spiro atoms. The molecular formula is C24H28N2O6S. The summed E-state index contributed by atoms with van der Waals surface area (Å²) < 4.78 is 24.3. The lowest BCUT2D eigenvalue weighted by molar-refractivity contribution is 0.0600. The van der Waals surface area contributed by atoms with Gasteiger partial charge in [0.15, 0.2) is 16.3 Å². The van der Waals surface area contributed by atoms with Crippen LogP contribution in [0.5, 0.6) is 11.5 Å². The number of methoxy groups -OCH3 is 1. The Kier molecular flexibility index (Phi) is 8.62. The van der Waals surface area contributed by atoms with E-state index < -0.39 is 11.9 Å². The molecule has 0 aliphatic heterocycles. The minimum absolute atomic E-state index is 0.394. The standard InChI is InChI=1S/C24H28N2O6S/c1-5-30-13-12-26-18-10-8-17(23(28)29-4)15-21(18)33-24(26)25-22(27)16-9-11-19(31-6-2)20(14-16)32-7-3/h8-11,14-15H,5-7,12-13H2,1-4H3. The van der Waals surface area contributed by atoms with Crippen LogP contribution in [0.2, 0.25) is 0 Å². The van der Waals surface area contributed by atoms with Crippen molar-refractivity contribution in [2.45, 2.75) is 27.3 Å². The number of amides is 1. The van der Waals surface area contributed by atoms with Crippen LogP contribution in [-0.2, 0) is 16.0 Å². The first-order chi connectivity index (χ1) is 16.0. The van der Waals surface area contributed by atoms with Crippen molar-refractivity contribution in [3.8, 4) is 11.5 Å². The van der Waals surface area contributed by atoms with Gasteiger partial charge in [-0.2, -0.15) is 4.99 Å². The number of benzene rings is 2. The summed E-state index contributed by atoms with van der Waals surface area (Å²) in [7, 11) is 1.34. The summed E-state index contributed by atoms with van der Waals surface area (Å²) in [4.78, 5) is 29.9. The Hall–Kier alpha value is -3.17. The Morgan fingerprint density at radius 2 is 1.67 bits per heavy atom. The lowest BCUT2D eigenvalue weighted by Gasteiger charge is -2.11. The van der Waals surface area contributed by atoms with Crippen molar-refractivity contribution in [1.29, 1.82) is 0 Å². The van der Waals surface area contributed by atoms with E-state index in [1.807, 2.05) is 31.4 Å². The number of nitrogens with zero attached hydrogens (tertiary/aromatic N) is 2. The predicted molar refractivity (Wildman–Crippen MR) is 126 cm³/mol. The van der Waals surface area contributed by atoms with Crippen LogP contribution in [0.3, 0.4) is 0 Å². The minimum Gasteiger partial charge on any atom is -0.490 e. The quantitative estimate of drug-likeness (QED) is 0.327. The first-order valence-corrected chi connectivity index (χ1v) is 11.6. The van der Waals surface area contributed by atoms with Crippen molar-refractivity contribution in [2.24, 2.45) is 4.99 Å². The zero-order valence-electron chi connectivity index (χ0n) is 19.3. The Labute approximate surface area is 196 Å². The maximum atomic E-state index is 13.0. The zero-order valence-corrected chi connectivity index (χ0v) is 20.1. The molecular weight excluding hydrogens is 444 g/mol. The van der Waals surface area contributed by atoms with E-state index in [2.05, 4.69) is 4.99 Å². The molecule has 176 valence electrons. The van der Waals surface area contributed by atoms with Crippen molar-refractivity contribution < 1.29 is 28.5 Å². The molecule has 0 saturated heterocycles. The van der Waals surface area contributed by atoms with E-state index in [0.717, 1.165) is 10.2 Å². The largest absolute Gasteiger partial charge is 0.490 e. The van der Waals surface area contributed by atoms with Gasteiger partial charge in [-0.25, -0.2) is 4.79 Å². The molecule has 0 aliphatic rings. The van der Waals surface area contributed by atoms with Gasteiger partial charge >= 0.3 is 5.97 Å². The SMILES string of the molecule is CCOCCn1c(=NC(=O)c2ccc(OCC)c(OCC)c2)sc2cc(C(=O)OC)ccc21. The summed E-state index contributed by atoms with van der Waals surface area (Å²) in [5, 5.41) is 0. The van der Waals surface area contributed by atoms with Crippen LogP contribution >= 0.6 is 11.3 Å². The van der Waals surface area contributed by atoms with Crippen LogP contribution < -0.4 is 14.3 Å². The number of fused-ring (bicyclic) bond motifs is 1. The molecule has 0 N–H and O–H groups in total. The van der Waals surface area contributed by atoms with Gasteiger partial charge in [-0.3, -0.25) is 4.79 Å². The highest BCUT2D eigenvalue weighted by atomic mass is 32.1.